The van der Waals surface area contributed by atoms with Crippen LogP contribution in [0.4, 0.5) is 5.69 Å². The molecule has 192 valence electrons. The highest BCUT2D eigenvalue weighted by atomic mass is 16.8. The van der Waals surface area contributed by atoms with Crippen molar-refractivity contribution in [1.82, 2.24) is 5.32 Å². The number of non-ortho nitro benzene ring substituents is 1. The molecule has 8 atom stereocenters. The van der Waals surface area contributed by atoms with Crippen LogP contribution in [0.1, 0.15) is 32.4 Å². The van der Waals surface area contributed by atoms with Crippen LogP contribution < -0.4 is 5.32 Å². The topological polar surface area (TPSA) is 145 Å². The van der Waals surface area contributed by atoms with Crippen LogP contribution in [0.2, 0.25) is 0 Å². The van der Waals surface area contributed by atoms with Gasteiger partial charge in [0.1, 0.15) is 18.2 Å². The molecule has 12 nitrogen and oxygen atoms in total. The van der Waals surface area contributed by atoms with Crippen molar-refractivity contribution in [2.45, 2.75) is 63.2 Å². The van der Waals surface area contributed by atoms with E-state index in [2.05, 4.69) is 5.32 Å². The van der Waals surface area contributed by atoms with Gasteiger partial charge in [-0.3, -0.25) is 25.0 Å². The predicted octanol–water partition coefficient (Wildman–Crippen LogP) is 1.47. The number of fused-ring (bicyclic) bond motifs is 1. The summed E-state index contributed by atoms with van der Waals surface area (Å²) in [6, 6.07) is 4.12. The number of nitro groups is 1. The first-order valence-corrected chi connectivity index (χ1v) is 11.4. The highest BCUT2D eigenvalue weighted by Crippen LogP contribution is 2.48. The van der Waals surface area contributed by atoms with Crippen molar-refractivity contribution in [3.63, 3.8) is 0 Å². The summed E-state index contributed by atoms with van der Waals surface area (Å²) in [6.07, 6.45) is -2.82. The van der Waals surface area contributed by atoms with Gasteiger partial charge >= 0.3 is 11.9 Å². The van der Waals surface area contributed by atoms with Gasteiger partial charge in [0.15, 0.2) is 12.1 Å². The number of rotatable bonds is 7. The van der Waals surface area contributed by atoms with Crippen LogP contribution in [0.15, 0.2) is 24.3 Å². The minimum Gasteiger partial charge on any atom is -0.468 e. The summed E-state index contributed by atoms with van der Waals surface area (Å²) >= 11 is 0. The maximum Gasteiger partial charge on any atom is 0.323 e. The van der Waals surface area contributed by atoms with Crippen molar-refractivity contribution in [3.8, 4) is 0 Å². The fourth-order valence-electron chi connectivity index (χ4n) is 5.33. The Morgan fingerprint density at radius 1 is 1.17 bits per heavy atom. The molecule has 0 aromatic heterocycles. The number of nitrogens with one attached hydrogen (secondary N) is 1. The molecule has 3 aliphatic rings. The third-order valence-corrected chi connectivity index (χ3v) is 6.65. The summed E-state index contributed by atoms with van der Waals surface area (Å²) in [5.41, 5.74) is 0.310. The normalized spacial score (nSPS) is 35.5. The molecule has 1 N–H and O–H groups in total. The van der Waals surface area contributed by atoms with Gasteiger partial charge in [-0.2, -0.15) is 0 Å². The number of benzene rings is 1. The largest absolute Gasteiger partial charge is 0.468 e. The molecule has 4 rings (SSSR count). The summed E-state index contributed by atoms with van der Waals surface area (Å²) in [5, 5.41) is 14.5. The Bertz CT molecular complexity index is 985. The third-order valence-electron chi connectivity index (χ3n) is 6.65. The summed E-state index contributed by atoms with van der Waals surface area (Å²) in [7, 11) is 2.74. The molecule has 0 spiro atoms. The summed E-state index contributed by atoms with van der Waals surface area (Å²) in [5.74, 6) is -3.84. The fraction of sp³-hybridized carbons (Fsp3) is 0.652. The summed E-state index contributed by atoms with van der Waals surface area (Å²) < 4.78 is 34.2. The van der Waals surface area contributed by atoms with E-state index in [-0.39, 0.29) is 12.3 Å². The number of carbonyl (C=O) groups excluding carboxylic acids is 2. The van der Waals surface area contributed by atoms with Gasteiger partial charge in [-0.1, -0.05) is 12.1 Å². The SMILES string of the molecule is CCOC(=O)[C@H]1[C@H]([C@@H]2O[C@@H]3OC(C)(C)O[C@@H]3[C@H]2OC)[C@@H](C(=O)OC)N[C@H]1c1cccc([N+](=O)[O-])c1. The first-order valence-electron chi connectivity index (χ1n) is 11.4. The lowest BCUT2D eigenvalue weighted by Gasteiger charge is -2.32. The number of nitro benzene ring substituents is 1. The van der Waals surface area contributed by atoms with Crippen molar-refractivity contribution in [1.29, 1.82) is 0 Å². The monoisotopic (exact) mass is 494 g/mol. The Kier molecular flexibility index (Phi) is 7.11. The molecule has 3 heterocycles. The second-order valence-electron chi connectivity index (χ2n) is 9.12. The molecule has 0 unspecified atom stereocenters. The zero-order valence-electron chi connectivity index (χ0n) is 20.2. The van der Waals surface area contributed by atoms with Crippen LogP contribution in [0, 0.1) is 22.0 Å². The highest BCUT2D eigenvalue weighted by molar-refractivity contribution is 5.82. The lowest BCUT2D eigenvalue weighted by Crippen LogP contribution is -2.49. The van der Waals surface area contributed by atoms with E-state index in [0.717, 1.165) is 0 Å². The molecule has 12 heteroatoms. The van der Waals surface area contributed by atoms with E-state index < -0.39 is 71.2 Å². The molecule has 0 amide bonds. The molecule has 0 bridgehead atoms. The van der Waals surface area contributed by atoms with Gasteiger partial charge in [-0.15, -0.1) is 0 Å². The quantitative estimate of drug-likeness (QED) is 0.334. The van der Waals surface area contributed by atoms with E-state index in [9.17, 15) is 19.7 Å². The number of esters is 2. The van der Waals surface area contributed by atoms with E-state index >= 15 is 0 Å². The number of ether oxygens (including phenoxy) is 6. The van der Waals surface area contributed by atoms with Crippen molar-refractivity contribution < 1.29 is 42.9 Å². The first kappa shape index (κ1) is 25.5. The van der Waals surface area contributed by atoms with Crippen LogP contribution in [-0.4, -0.2) is 74.1 Å². The molecule has 0 saturated carbocycles. The zero-order chi connectivity index (χ0) is 25.5. The van der Waals surface area contributed by atoms with Gasteiger partial charge in [-0.05, 0) is 26.3 Å². The van der Waals surface area contributed by atoms with Gasteiger partial charge in [0.05, 0.1) is 30.7 Å². The summed E-state index contributed by atoms with van der Waals surface area (Å²) in [6.45, 7) is 5.29. The van der Waals surface area contributed by atoms with E-state index in [1.807, 2.05) is 0 Å². The lowest BCUT2D eigenvalue weighted by molar-refractivity contribution is -0.384. The van der Waals surface area contributed by atoms with Crippen molar-refractivity contribution in [2.75, 3.05) is 20.8 Å². The number of hydrogen-bond donors (Lipinski definition) is 1. The van der Waals surface area contributed by atoms with E-state index in [1.54, 1.807) is 26.8 Å². The Hall–Kier alpha value is -2.64. The van der Waals surface area contributed by atoms with Crippen molar-refractivity contribution in [2.24, 2.45) is 11.8 Å². The maximum absolute atomic E-state index is 13.3. The standard InChI is InChI=1S/C23H30N2O10/c1-6-32-20(26)14-13(17-18(30-4)19-22(33-17)35-23(2,3)34-19)16(21(27)31-5)24-15(14)11-8-7-9-12(10-11)25(28)29/h7-10,13-19,22,24H,6H2,1-5H3/t13-,14-,15-,16-,17-,18-,19+,22+/m0/s1. The Balaban J connectivity index is 1.76. The fourth-order valence-corrected chi connectivity index (χ4v) is 5.33. The highest BCUT2D eigenvalue weighted by Gasteiger charge is 2.63. The molecule has 35 heavy (non-hydrogen) atoms. The zero-order valence-corrected chi connectivity index (χ0v) is 20.2. The second-order valence-corrected chi connectivity index (χ2v) is 9.12. The van der Waals surface area contributed by atoms with Gasteiger partial charge < -0.3 is 28.4 Å². The van der Waals surface area contributed by atoms with Crippen LogP contribution in [0.25, 0.3) is 0 Å². The van der Waals surface area contributed by atoms with E-state index in [4.69, 9.17) is 28.4 Å². The second kappa shape index (κ2) is 9.78. The molecule has 3 aliphatic heterocycles. The Morgan fingerprint density at radius 3 is 2.54 bits per heavy atom. The molecule has 3 fully saturated rings. The maximum atomic E-state index is 13.3. The third kappa shape index (κ3) is 4.64. The van der Waals surface area contributed by atoms with Crippen LogP contribution in [0.3, 0.4) is 0 Å². The number of methoxy groups -OCH3 is 2. The molecule has 3 saturated heterocycles. The summed E-state index contributed by atoms with van der Waals surface area (Å²) in [4.78, 5) is 37.1. The predicted molar refractivity (Wildman–Crippen MR) is 118 cm³/mol. The van der Waals surface area contributed by atoms with Crippen molar-refractivity contribution >= 4 is 17.6 Å². The average Bonchev–Trinajstić information content (AvgIpc) is 3.45. The lowest BCUT2D eigenvalue weighted by atomic mass is 9.79. The van der Waals surface area contributed by atoms with Crippen molar-refractivity contribution in [3.05, 3.63) is 39.9 Å². The van der Waals surface area contributed by atoms with Crippen LogP contribution >= 0.6 is 0 Å². The first-order chi connectivity index (χ1) is 16.6. The number of hydrogen-bond acceptors (Lipinski definition) is 11. The van der Waals surface area contributed by atoms with Gasteiger partial charge in [0, 0.05) is 31.2 Å². The molecule has 0 aliphatic carbocycles. The van der Waals surface area contributed by atoms with Gasteiger partial charge in [0.2, 0.25) is 0 Å². The molecule has 1 aromatic rings. The molecular formula is C23H30N2O10. The number of nitrogens with zero attached hydrogens (tertiary/aromatic N) is 1. The minimum absolute atomic E-state index is 0.109. The van der Waals surface area contributed by atoms with Gasteiger partial charge in [0.25, 0.3) is 5.69 Å². The molecule has 1 aromatic carbocycles. The Labute approximate surface area is 202 Å². The van der Waals surface area contributed by atoms with Crippen LogP contribution in [0.5, 0.6) is 0 Å². The molecular weight excluding hydrogens is 464 g/mol. The van der Waals surface area contributed by atoms with E-state index in [1.165, 1.54) is 32.4 Å². The smallest absolute Gasteiger partial charge is 0.323 e. The average molecular weight is 494 g/mol. The number of carbonyl (C=O) groups is 2. The molecule has 0 radical (unpaired) electrons. The van der Waals surface area contributed by atoms with Crippen LogP contribution in [-0.2, 0) is 38.0 Å². The van der Waals surface area contributed by atoms with Gasteiger partial charge in [-0.25, -0.2) is 0 Å². The minimum atomic E-state index is -0.992. The Morgan fingerprint density at radius 2 is 1.91 bits per heavy atom. The van der Waals surface area contributed by atoms with E-state index in [0.29, 0.717) is 5.56 Å².